The van der Waals surface area contributed by atoms with E-state index in [0.717, 1.165) is 5.01 Å². The molecule has 2 aromatic rings. The van der Waals surface area contributed by atoms with Crippen LogP contribution in [0.25, 0.3) is 0 Å². The number of aryl methyl sites for hydroxylation is 1. The van der Waals surface area contributed by atoms with Crippen LogP contribution in [0.5, 0.6) is 0 Å². The van der Waals surface area contributed by atoms with Crippen molar-refractivity contribution in [3.05, 3.63) is 37.6 Å². The highest BCUT2D eigenvalue weighted by molar-refractivity contribution is 9.10. The molecule has 0 aromatic carbocycles. The SMILES string of the molecule is CCn1ncc(NC(C)(C)c2nccs2)c(Br)c1=O. The maximum absolute atomic E-state index is 12.0. The highest BCUT2D eigenvalue weighted by Gasteiger charge is 2.24. The average molecular weight is 343 g/mol. The van der Waals surface area contributed by atoms with Crippen molar-refractivity contribution in [3.8, 4) is 0 Å². The number of thiazole rings is 1. The number of nitrogens with one attached hydrogen (secondary N) is 1. The third-order valence-electron chi connectivity index (χ3n) is 2.70. The predicted molar refractivity (Wildman–Crippen MR) is 80.6 cm³/mol. The number of hydrogen-bond acceptors (Lipinski definition) is 5. The topological polar surface area (TPSA) is 59.8 Å². The Balaban J connectivity index is 2.35. The summed E-state index contributed by atoms with van der Waals surface area (Å²) in [6.07, 6.45) is 3.43. The first kappa shape index (κ1) is 14.2. The van der Waals surface area contributed by atoms with Gasteiger partial charge < -0.3 is 5.32 Å². The summed E-state index contributed by atoms with van der Waals surface area (Å²) in [5.74, 6) is 0. The molecule has 7 heteroatoms. The lowest BCUT2D eigenvalue weighted by Gasteiger charge is -2.25. The van der Waals surface area contributed by atoms with Gasteiger partial charge >= 0.3 is 0 Å². The fourth-order valence-electron chi connectivity index (χ4n) is 1.70. The van der Waals surface area contributed by atoms with Crippen molar-refractivity contribution in [2.75, 3.05) is 5.32 Å². The van der Waals surface area contributed by atoms with Crippen LogP contribution in [0.15, 0.2) is 27.0 Å². The third kappa shape index (κ3) is 2.87. The Labute approximate surface area is 123 Å². The van der Waals surface area contributed by atoms with Crippen LogP contribution in [0.2, 0.25) is 0 Å². The molecule has 0 saturated carbocycles. The van der Waals surface area contributed by atoms with E-state index in [1.807, 2.05) is 26.2 Å². The van der Waals surface area contributed by atoms with Crippen LogP contribution in [-0.4, -0.2) is 14.8 Å². The van der Waals surface area contributed by atoms with E-state index in [2.05, 4.69) is 31.3 Å². The summed E-state index contributed by atoms with van der Waals surface area (Å²) in [6.45, 7) is 6.47. The number of nitrogens with zero attached hydrogens (tertiary/aromatic N) is 3. The Hall–Kier alpha value is -1.21. The third-order valence-corrected chi connectivity index (χ3v) is 4.56. The molecule has 0 aliphatic heterocycles. The minimum atomic E-state index is -0.358. The molecule has 102 valence electrons. The summed E-state index contributed by atoms with van der Waals surface area (Å²) < 4.78 is 1.90. The van der Waals surface area contributed by atoms with Crippen LogP contribution in [0.4, 0.5) is 5.69 Å². The Morgan fingerprint density at radius 2 is 2.26 bits per heavy atom. The molecular formula is C12H15BrN4OS. The van der Waals surface area contributed by atoms with Crippen LogP contribution in [-0.2, 0) is 12.1 Å². The lowest BCUT2D eigenvalue weighted by Crippen LogP contribution is -2.30. The molecule has 0 amide bonds. The maximum Gasteiger partial charge on any atom is 0.283 e. The van der Waals surface area contributed by atoms with Gasteiger partial charge in [-0.1, -0.05) is 0 Å². The summed E-state index contributed by atoms with van der Waals surface area (Å²) in [5.41, 5.74) is 0.181. The largest absolute Gasteiger partial charge is 0.371 e. The standard InChI is InChI=1S/C12H15BrN4OS/c1-4-17-10(18)9(13)8(7-15-17)16-12(2,3)11-14-5-6-19-11/h5-7,16H,4H2,1-3H3. The van der Waals surface area contributed by atoms with Gasteiger partial charge in [-0.2, -0.15) is 5.10 Å². The highest BCUT2D eigenvalue weighted by Crippen LogP contribution is 2.29. The summed E-state index contributed by atoms with van der Waals surface area (Å²) in [6, 6.07) is 0. The monoisotopic (exact) mass is 342 g/mol. The van der Waals surface area contributed by atoms with E-state index < -0.39 is 0 Å². The van der Waals surface area contributed by atoms with E-state index >= 15 is 0 Å². The van der Waals surface area contributed by atoms with Crippen LogP contribution >= 0.6 is 27.3 Å². The molecule has 0 unspecified atom stereocenters. The van der Waals surface area contributed by atoms with Crippen LogP contribution < -0.4 is 10.9 Å². The van der Waals surface area contributed by atoms with Gasteiger partial charge in [0.25, 0.3) is 5.56 Å². The van der Waals surface area contributed by atoms with E-state index in [4.69, 9.17) is 0 Å². The molecule has 0 bridgehead atoms. The van der Waals surface area contributed by atoms with E-state index in [1.54, 1.807) is 23.7 Å². The second-order valence-electron chi connectivity index (χ2n) is 4.58. The van der Waals surface area contributed by atoms with E-state index in [9.17, 15) is 4.79 Å². The Bertz CT molecular complexity index is 621. The fraction of sp³-hybridized carbons (Fsp3) is 0.417. The van der Waals surface area contributed by atoms with Crippen LogP contribution in [0, 0.1) is 0 Å². The summed E-state index contributed by atoms with van der Waals surface area (Å²) >= 11 is 4.91. The van der Waals surface area contributed by atoms with Crippen LogP contribution in [0.1, 0.15) is 25.8 Å². The van der Waals surface area contributed by atoms with Crippen molar-refractivity contribution >= 4 is 33.0 Å². The van der Waals surface area contributed by atoms with Crippen molar-refractivity contribution in [2.24, 2.45) is 0 Å². The first-order valence-corrected chi connectivity index (χ1v) is 7.56. The molecule has 0 saturated heterocycles. The molecule has 19 heavy (non-hydrogen) atoms. The molecule has 2 rings (SSSR count). The van der Waals surface area contributed by atoms with Crippen molar-refractivity contribution in [3.63, 3.8) is 0 Å². The van der Waals surface area contributed by atoms with Gasteiger partial charge in [0.1, 0.15) is 9.48 Å². The van der Waals surface area contributed by atoms with Crippen LogP contribution in [0.3, 0.4) is 0 Å². The summed E-state index contributed by atoms with van der Waals surface area (Å²) in [7, 11) is 0. The molecule has 0 aliphatic carbocycles. The van der Waals surface area contributed by atoms with E-state index in [-0.39, 0.29) is 11.1 Å². The van der Waals surface area contributed by atoms with Gasteiger partial charge in [0.15, 0.2) is 0 Å². The quantitative estimate of drug-likeness (QED) is 0.927. The van der Waals surface area contributed by atoms with Gasteiger partial charge in [0.2, 0.25) is 0 Å². The fourth-order valence-corrected chi connectivity index (χ4v) is 2.82. The zero-order valence-electron chi connectivity index (χ0n) is 11.0. The number of hydrogen-bond donors (Lipinski definition) is 1. The van der Waals surface area contributed by atoms with Crippen molar-refractivity contribution in [2.45, 2.75) is 32.9 Å². The molecule has 2 aromatic heterocycles. The van der Waals surface area contributed by atoms with Gasteiger partial charge in [-0.15, -0.1) is 11.3 Å². The highest BCUT2D eigenvalue weighted by atomic mass is 79.9. The van der Waals surface area contributed by atoms with E-state index in [0.29, 0.717) is 16.7 Å². The van der Waals surface area contributed by atoms with Crippen molar-refractivity contribution < 1.29 is 0 Å². The number of anilines is 1. The first-order valence-electron chi connectivity index (χ1n) is 5.89. The molecule has 0 aliphatic rings. The number of halogens is 1. The Morgan fingerprint density at radius 3 is 2.84 bits per heavy atom. The minimum Gasteiger partial charge on any atom is -0.371 e. The maximum atomic E-state index is 12.0. The zero-order chi connectivity index (χ0) is 14.0. The second kappa shape index (κ2) is 5.42. The van der Waals surface area contributed by atoms with Crippen molar-refractivity contribution in [1.29, 1.82) is 0 Å². The first-order chi connectivity index (χ1) is 8.95. The summed E-state index contributed by atoms with van der Waals surface area (Å²) in [4.78, 5) is 16.3. The molecule has 0 radical (unpaired) electrons. The second-order valence-corrected chi connectivity index (χ2v) is 6.27. The van der Waals surface area contributed by atoms with Gasteiger partial charge in [-0.25, -0.2) is 9.67 Å². The molecule has 0 spiro atoms. The van der Waals surface area contributed by atoms with Crippen molar-refractivity contribution in [1.82, 2.24) is 14.8 Å². The number of rotatable bonds is 4. The molecule has 2 heterocycles. The zero-order valence-corrected chi connectivity index (χ0v) is 13.4. The molecule has 5 nitrogen and oxygen atoms in total. The average Bonchev–Trinajstić information content (AvgIpc) is 2.90. The Morgan fingerprint density at radius 1 is 1.53 bits per heavy atom. The van der Waals surface area contributed by atoms with Gasteiger partial charge in [0, 0.05) is 18.1 Å². The normalized spacial score (nSPS) is 11.6. The number of aromatic nitrogens is 3. The van der Waals surface area contributed by atoms with Gasteiger partial charge in [-0.3, -0.25) is 4.79 Å². The lowest BCUT2D eigenvalue weighted by atomic mass is 10.1. The predicted octanol–water partition coefficient (Wildman–Crippen LogP) is 2.83. The molecule has 0 atom stereocenters. The smallest absolute Gasteiger partial charge is 0.283 e. The molecule has 1 N–H and O–H groups in total. The van der Waals surface area contributed by atoms with E-state index in [1.165, 1.54) is 4.68 Å². The molecular weight excluding hydrogens is 328 g/mol. The van der Waals surface area contributed by atoms with Gasteiger partial charge in [0.05, 0.1) is 17.4 Å². The minimum absolute atomic E-state index is 0.137. The summed E-state index contributed by atoms with van der Waals surface area (Å²) in [5, 5.41) is 10.3. The molecule has 0 fully saturated rings. The lowest BCUT2D eigenvalue weighted by molar-refractivity contribution is 0.589. The Kier molecular flexibility index (Phi) is 4.05. The van der Waals surface area contributed by atoms with Gasteiger partial charge in [-0.05, 0) is 36.7 Å².